The van der Waals surface area contributed by atoms with Gasteiger partial charge in [0, 0.05) is 0 Å². The zero-order valence-corrected chi connectivity index (χ0v) is 21.0. The number of anilines is 1. The monoisotopic (exact) mass is 489 g/mol. The Bertz CT molecular complexity index is 1160. The van der Waals surface area contributed by atoms with E-state index in [9.17, 15) is 4.79 Å². The van der Waals surface area contributed by atoms with Crippen molar-refractivity contribution in [3.05, 3.63) is 47.4 Å². The second kappa shape index (κ2) is 8.67. The minimum absolute atomic E-state index is 0.0131. The fourth-order valence-electron chi connectivity index (χ4n) is 3.45. The number of ether oxygens (including phenoxy) is 2. The maximum Gasteiger partial charge on any atom is 0.338 e. The molecule has 11 heteroatoms. The first-order valence-electron chi connectivity index (χ1n) is 10.7. The standard InChI is InChI=1S/C22H28ClN5O4Si/c1-22(2,3)33(4,5)32-14-11-30-19(16(14)31-20(29)13-9-7-6-8-10-13)28-12-25-15-17(23)26-21(24)27-18(15)28/h6-10,12,14,16,19H,11H2,1-5H3,(H2,24,26,27)/t14?,16-,19-/m1/s1. The maximum absolute atomic E-state index is 13.0. The van der Waals surface area contributed by atoms with Gasteiger partial charge in [-0.1, -0.05) is 50.6 Å². The predicted molar refractivity (Wildman–Crippen MR) is 127 cm³/mol. The smallest absolute Gasteiger partial charge is 0.338 e. The molecule has 1 aliphatic rings. The molecule has 0 amide bonds. The van der Waals surface area contributed by atoms with E-state index in [1.54, 1.807) is 28.8 Å². The van der Waals surface area contributed by atoms with E-state index in [2.05, 4.69) is 48.8 Å². The van der Waals surface area contributed by atoms with Gasteiger partial charge in [0.1, 0.15) is 11.6 Å². The SMILES string of the molecule is CC(C)(C)[Si](C)(C)OC1CO[C@@H](n2cnc3c(Cl)nc(N)nc32)[C@@H]1OC(=O)c1ccccc1. The van der Waals surface area contributed by atoms with Gasteiger partial charge in [-0.3, -0.25) is 4.57 Å². The number of aromatic nitrogens is 4. The van der Waals surface area contributed by atoms with Crippen LogP contribution in [-0.4, -0.2) is 52.6 Å². The number of fused-ring (bicyclic) bond motifs is 1. The summed E-state index contributed by atoms with van der Waals surface area (Å²) in [4.78, 5) is 25.5. The average molecular weight is 490 g/mol. The molecule has 1 aromatic carbocycles. The summed E-state index contributed by atoms with van der Waals surface area (Å²) in [6.07, 6.45) is -0.384. The van der Waals surface area contributed by atoms with Crippen LogP contribution < -0.4 is 5.73 Å². The molecule has 0 radical (unpaired) electrons. The summed E-state index contributed by atoms with van der Waals surface area (Å²) in [5.41, 5.74) is 7.03. The van der Waals surface area contributed by atoms with Gasteiger partial charge in [0.15, 0.2) is 31.4 Å². The summed E-state index contributed by atoms with van der Waals surface area (Å²) in [5.74, 6) is -0.448. The van der Waals surface area contributed by atoms with E-state index < -0.39 is 32.7 Å². The highest BCUT2D eigenvalue weighted by atomic mass is 35.5. The molecule has 3 heterocycles. The van der Waals surface area contributed by atoms with E-state index in [0.717, 1.165) is 0 Å². The Labute approximate surface area is 198 Å². The lowest BCUT2D eigenvalue weighted by molar-refractivity contribution is -0.0390. The van der Waals surface area contributed by atoms with Gasteiger partial charge >= 0.3 is 5.97 Å². The third kappa shape index (κ3) is 4.61. The minimum atomic E-state index is -2.19. The van der Waals surface area contributed by atoms with E-state index in [1.807, 2.05) is 6.07 Å². The molecule has 0 bridgehead atoms. The molecule has 33 heavy (non-hydrogen) atoms. The number of carbonyl (C=O) groups excluding carboxylic acids is 1. The molecule has 176 valence electrons. The highest BCUT2D eigenvalue weighted by molar-refractivity contribution is 6.74. The van der Waals surface area contributed by atoms with Crippen LogP contribution in [0.2, 0.25) is 23.3 Å². The van der Waals surface area contributed by atoms with Gasteiger partial charge in [-0.2, -0.15) is 9.97 Å². The third-order valence-electron chi connectivity index (χ3n) is 6.25. The number of benzene rings is 1. The Morgan fingerprint density at radius 1 is 1.24 bits per heavy atom. The van der Waals surface area contributed by atoms with Crippen molar-refractivity contribution in [3.63, 3.8) is 0 Å². The minimum Gasteiger partial charge on any atom is -0.451 e. The number of rotatable bonds is 5. The first-order valence-corrected chi connectivity index (χ1v) is 14.0. The fourth-order valence-corrected chi connectivity index (χ4v) is 4.98. The highest BCUT2D eigenvalue weighted by Crippen LogP contribution is 2.41. The van der Waals surface area contributed by atoms with E-state index in [0.29, 0.717) is 16.7 Å². The molecule has 1 saturated heterocycles. The van der Waals surface area contributed by atoms with Gasteiger partial charge in [-0.15, -0.1) is 0 Å². The fraction of sp³-hybridized carbons (Fsp3) is 0.455. The zero-order chi connectivity index (χ0) is 24.0. The van der Waals surface area contributed by atoms with Crippen molar-refractivity contribution in [3.8, 4) is 0 Å². The normalized spacial score (nSPS) is 21.5. The van der Waals surface area contributed by atoms with Gasteiger partial charge in [-0.25, -0.2) is 9.78 Å². The van der Waals surface area contributed by atoms with Crippen molar-refractivity contribution in [1.29, 1.82) is 0 Å². The van der Waals surface area contributed by atoms with Crippen molar-refractivity contribution < 1.29 is 18.7 Å². The second-order valence-corrected chi connectivity index (χ2v) is 14.7. The van der Waals surface area contributed by atoms with Crippen molar-refractivity contribution in [2.24, 2.45) is 0 Å². The lowest BCUT2D eigenvalue weighted by Crippen LogP contribution is -2.48. The molecule has 1 fully saturated rings. The van der Waals surface area contributed by atoms with Crippen molar-refractivity contribution in [2.75, 3.05) is 12.3 Å². The Kier molecular flexibility index (Phi) is 6.21. The lowest BCUT2D eigenvalue weighted by atomic mass is 10.2. The molecule has 1 unspecified atom stereocenters. The van der Waals surface area contributed by atoms with Crippen molar-refractivity contribution in [1.82, 2.24) is 19.5 Å². The first-order chi connectivity index (χ1) is 15.5. The number of hydrogen-bond acceptors (Lipinski definition) is 8. The predicted octanol–water partition coefficient (Wildman–Crippen LogP) is 4.21. The van der Waals surface area contributed by atoms with E-state index in [4.69, 9.17) is 31.2 Å². The summed E-state index contributed by atoms with van der Waals surface area (Å²) in [7, 11) is -2.19. The Morgan fingerprint density at radius 3 is 2.61 bits per heavy atom. The molecule has 4 rings (SSSR count). The third-order valence-corrected chi connectivity index (χ3v) is 11.0. The van der Waals surface area contributed by atoms with Crippen LogP contribution in [0.1, 0.15) is 37.4 Å². The Balaban J connectivity index is 1.71. The number of nitrogen functional groups attached to an aromatic ring is 1. The molecule has 2 N–H and O–H groups in total. The van der Waals surface area contributed by atoms with Crippen LogP contribution in [0.15, 0.2) is 36.7 Å². The number of hydrogen-bond donors (Lipinski definition) is 1. The maximum atomic E-state index is 13.0. The molecule has 9 nitrogen and oxygen atoms in total. The lowest BCUT2D eigenvalue weighted by Gasteiger charge is -2.39. The molecule has 3 aromatic rings. The average Bonchev–Trinajstić information content (AvgIpc) is 3.31. The number of nitrogens with zero attached hydrogens (tertiary/aromatic N) is 4. The molecule has 0 aliphatic carbocycles. The molecule has 1 aliphatic heterocycles. The van der Waals surface area contributed by atoms with Gasteiger partial charge < -0.3 is 19.6 Å². The zero-order valence-electron chi connectivity index (χ0n) is 19.3. The first kappa shape index (κ1) is 23.6. The van der Waals surface area contributed by atoms with E-state index in [-0.39, 0.29) is 22.7 Å². The van der Waals surface area contributed by atoms with Crippen LogP contribution >= 0.6 is 11.6 Å². The number of nitrogens with two attached hydrogens (primary N) is 1. The number of esters is 1. The summed E-state index contributed by atoms with van der Waals surface area (Å²) in [6, 6.07) is 8.82. The van der Waals surface area contributed by atoms with Crippen LogP contribution in [-0.2, 0) is 13.9 Å². The van der Waals surface area contributed by atoms with Gasteiger partial charge in [0.2, 0.25) is 5.95 Å². The van der Waals surface area contributed by atoms with Crippen LogP contribution in [0.25, 0.3) is 11.2 Å². The van der Waals surface area contributed by atoms with E-state index >= 15 is 0 Å². The van der Waals surface area contributed by atoms with Crippen LogP contribution in [0.4, 0.5) is 5.95 Å². The Hall–Kier alpha value is -2.53. The Morgan fingerprint density at radius 2 is 1.94 bits per heavy atom. The summed E-state index contributed by atoms with van der Waals surface area (Å²) in [5, 5.41) is 0.108. The van der Waals surface area contributed by atoms with Gasteiger partial charge in [0.25, 0.3) is 0 Å². The van der Waals surface area contributed by atoms with Crippen LogP contribution in [0, 0.1) is 0 Å². The molecule has 0 spiro atoms. The summed E-state index contributed by atoms with van der Waals surface area (Å²) < 4.78 is 20.4. The molecular formula is C22H28ClN5O4Si. The molecular weight excluding hydrogens is 462 g/mol. The largest absolute Gasteiger partial charge is 0.451 e. The quantitative estimate of drug-likeness (QED) is 0.322. The van der Waals surface area contributed by atoms with Gasteiger partial charge in [-0.05, 0) is 30.3 Å². The number of carbonyl (C=O) groups is 1. The van der Waals surface area contributed by atoms with Crippen LogP contribution in [0.3, 0.4) is 0 Å². The molecule has 3 atom stereocenters. The van der Waals surface area contributed by atoms with Crippen LogP contribution in [0.5, 0.6) is 0 Å². The van der Waals surface area contributed by atoms with Crippen molar-refractivity contribution >= 4 is 43.0 Å². The summed E-state index contributed by atoms with van der Waals surface area (Å²) >= 11 is 6.20. The summed E-state index contributed by atoms with van der Waals surface area (Å²) in [6.45, 7) is 11.0. The second-order valence-electron chi connectivity index (χ2n) is 9.57. The van der Waals surface area contributed by atoms with Crippen molar-refractivity contribution in [2.45, 2.75) is 57.3 Å². The van der Waals surface area contributed by atoms with E-state index in [1.165, 1.54) is 6.33 Å². The van der Waals surface area contributed by atoms with Gasteiger partial charge in [0.05, 0.1) is 18.5 Å². The highest BCUT2D eigenvalue weighted by Gasteiger charge is 2.48. The number of imidazole rings is 1. The molecule has 2 aromatic heterocycles. The topological polar surface area (TPSA) is 114 Å². The molecule has 0 saturated carbocycles. The number of halogens is 1.